The van der Waals surface area contributed by atoms with E-state index in [1.165, 1.54) is 23.1 Å². The zero-order valence-electron chi connectivity index (χ0n) is 11.8. The third kappa shape index (κ3) is 2.79. The summed E-state index contributed by atoms with van der Waals surface area (Å²) < 4.78 is 5.63. The highest BCUT2D eigenvalue weighted by molar-refractivity contribution is 6.00. The Kier molecular flexibility index (Phi) is 4.08. The quantitative estimate of drug-likeness (QED) is 0.625. The van der Waals surface area contributed by atoms with Crippen molar-refractivity contribution in [3.8, 4) is 11.8 Å². The minimum atomic E-state index is -0.696. The summed E-state index contributed by atoms with van der Waals surface area (Å²) in [6.07, 6.45) is -0.509. The number of nitro groups is 1. The molecule has 0 saturated heterocycles. The summed E-state index contributed by atoms with van der Waals surface area (Å²) in [5.74, 6) is 0.0107. The monoisotopic (exact) mass is 289 g/mol. The molecule has 0 saturated carbocycles. The molecule has 110 valence electrons. The Balaban J connectivity index is 2.45. The number of nitriles is 1. The van der Waals surface area contributed by atoms with Crippen molar-refractivity contribution in [1.82, 2.24) is 0 Å². The van der Waals surface area contributed by atoms with Crippen LogP contribution >= 0.6 is 0 Å². The fraction of sp³-hybridized carbons (Fsp3) is 0.429. The molecule has 1 unspecified atom stereocenters. The van der Waals surface area contributed by atoms with Crippen molar-refractivity contribution in [1.29, 1.82) is 5.26 Å². The summed E-state index contributed by atoms with van der Waals surface area (Å²) >= 11 is 0. The maximum atomic E-state index is 12.4. The van der Waals surface area contributed by atoms with E-state index in [1.54, 1.807) is 0 Å². The number of ether oxygens (including phenoxy) is 1. The zero-order valence-corrected chi connectivity index (χ0v) is 11.8. The Morgan fingerprint density at radius 2 is 2.24 bits per heavy atom. The van der Waals surface area contributed by atoms with Gasteiger partial charge in [-0.15, -0.1) is 0 Å². The maximum Gasteiger partial charge on any atom is 0.273 e. The number of fused-ring (bicyclic) bond motifs is 1. The van der Waals surface area contributed by atoms with Crippen LogP contribution in [0.3, 0.4) is 0 Å². The Labute approximate surface area is 121 Å². The average molecular weight is 289 g/mol. The molecule has 1 aromatic rings. The van der Waals surface area contributed by atoms with Gasteiger partial charge in [0.15, 0.2) is 11.9 Å². The number of hydrogen-bond donors (Lipinski definition) is 0. The lowest BCUT2D eigenvalue weighted by atomic mass is 10.0. The molecule has 1 heterocycles. The number of carbonyl (C=O) groups excluding carboxylic acids is 1. The van der Waals surface area contributed by atoms with E-state index in [1.807, 2.05) is 19.9 Å². The standard InChI is InChI=1S/C14H15N3O4/c1-9(2)13-14(18)16(7-3-6-15)11-5-4-10(17(19)20)8-12(11)21-13/h4-5,8-9,13H,3,7H2,1-2H3. The molecule has 0 radical (unpaired) electrons. The van der Waals surface area contributed by atoms with Crippen molar-refractivity contribution in [3.05, 3.63) is 28.3 Å². The van der Waals surface area contributed by atoms with Gasteiger partial charge in [0, 0.05) is 12.6 Å². The second-order valence-corrected chi connectivity index (χ2v) is 5.09. The molecule has 1 amide bonds. The predicted octanol–water partition coefficient (Wildman–Crippen LogP) is 2.26. The molecule has 1 atom stereocenters. The topological polar surface area (TPSA) is 96.5 Å². The van der Waals surface area contributed by atoms with Crippen molar-refractivity contribution in [3.63, 3.8) is 0 Å². The van der Waals surface area contributed by atoms with Gasteiger partial charge < -0.3 is 9.64 Å². The van der Waals surface area contributed by atoms with E-state index >= 15 is 0 Å². The van der Waals surface area contributed by atoms with Crippen LogP contribution < -0.4 is 9.64 Å². The van der Waals surface area contributed by atoms with Gasteiger partial charge in [0.05, 0.1) is 29.2 Å². The third-order valence-electron chi connectivity index (χ3n) is 3.26. The summed E-state index contributed by atoms with van der Waals surface area (Å²) in [6, 6.07) is 6.12. The largest absolute Gasteiger partial charge is 0.478 e. The number of amides is 1. The maximum absolute atomic E-state index is 12.4. The summed E-state index contributed by atoms with van der Waals surface area (Å²) in [6.45, 7) is 3.92. The summed E-state index contributed by atoms with van der Waals surface area (Å²) in [7, 11) is 0. The van der Waals surface area contributed by atoms with Crippen LogP contribution in [0.25, 0.3) is 0 Å². The van der Waals surface area contributed by atoms with E-state index in [9.17, 15) is 14.9 Å². The van der Waals surface area contributed by atoms with E-state index in [-0.39, 0.29) is 30.5 Å². The SMILES string of the molecule is CC(C)C1Oc2cc([N+](=O)[O-])ccc2N(CCC#N)C1=O. The first-order chi connectivity index (χ1) is 9.95. The summed E-state index contributed by atoms with van der Waals surface area (Å²) in [4.78, 5) is 24.2. The van der Waals surface area contributed by atoms with Gasteiger partial charge in [-0.1, -0.05) is 13.8 Å². The van der Waals surface area contributed by atoms with E-state index in [4.69, 9.17) is 10.00 Å². The molecule has 7 nitrogen and oxygen atoms in total. The van der Waals surface area contributed by atoms with Crippen LogP contribution in [0.4, 0.5) is 11.4 Å². The minimum absolute atomic E-state index is 0.0745. The molecule has 21 heavy (non-hydrogen) atoms. The Bertz CT molecular complexity index is 621. The molecule has 0 N–H and O–H groups in total. The van der Waals surface area contributed by atoms with Gasteiger partial charge in [-0.05, 0) is 12.0 Å². The smallest absolute Gasteiger partial charge is 0.273 e. The van der Waals surface area contributed by atoms with Crippen molar-refractivity contribution < 1.29 is 14.5 Å². The number of non-ortho nitro benzene ring substituents is 1. The lowest BCUT2D eigenvalue weighted by Gasteiger charge is -2.35. The first-order valence-corrected chi connectivity index (χ1v) is 6.59. The number of anilines is 1. The number of benzene rings is 1. The van der Waals surface area contributed by atoms with Crippen LogP contribution in [0, 0.1) is 27.4 Å². The molecule has 0 aromatic heterocycles. The molecule has 0 spiro atoms. The second kappa shape index (κ2) is 5.79. The zero-order chi connectivity index (χ0) is 15.6. The van der Waals surface area contributed by atoms with Crippen LogP contribution in [0.5, 0.6) is 5.75 Å². The van der Waals surface area contributed by atoms with Gasteiger partial charge in [-0.3, -0.25) is 14.9 Å². The molecule has 0 aliphatic carbocycles. The minimum Gasteiger partial charge on any atom is -0.478 e. The van der Waals surface area contributed by atoms with Gasteiger partial charge >= 0.3 is 0 Å². The van der Waals surface area contributed by atoms with E-state index in [0.29, 0.717) is 11.4 Å². The lowest BCUT2D eigenvalue weighted by molar-refractivity contribution is -0.384. The van der Waals surface area contributed by atoms with E-state index < -0.39 is 11.0 Å². The molecule has 1 aliphatic heterocycles. The number of nitro benzene ring substituents is 1. The normalized spacial score (nSPS) is 17.1. The molecule has 1 aliphatic rings. The molecular formula is C14H15N3O4. The van der Waals surface area contributed by atoms with Crippen molar-refractivity contribution in [2.45, 2.75) is 26.4 Å². The third-order valence-corrected chi connectivity index (χ3v) is 3.26. The molecular weight excluding hydrogens is 274 g/mol. The number of rotatable bonds is 4. The molecule has 2 rings (SSSR count). The number of hydrogen-bond acceptors (Lipinski definition) is 5. The molecule has 0 bridgehead atoms. The first-order valence-electron chi connectivity index (χ1n) is 6.59. The first kappa shape index (κ1) is 14.8. The second-order valence-electron chi connectivity index (χ2n) is 5.09. The van der Waals surface area contributed by atoms with E-state index in [2.05, 4.69) is 0 Å². The Morgan fingerprint density at radius 3 is 2.81 bits per heavy atom. The van der Waals surface area contributed by atoms with Gasteiger partial charge in [0.1, 0.15) is 0 Å². The lowest BCUT2D eigenvalue weighted by Crippen LogP contribution is -2.48. The molecule has 0 fully saturated rings. The van der Waals surface area contributed by atoms with Crippen molar-refractivity contribution in [2.24, 2.45) is 5.92 Å². The number of nitrogens with zero attached hydrogens (tertiary/aromatic N) is 3. The Hall–Kier alpha value is -2.62. The van der Waals surface area contributed by atoms with Gasteiger partial charge in [-0.25, -0.2) is 0 Å². The highest BCUT2D eigenvalue weighted by Crippen LogP contribution is 2.38. The highest BCUT2D eigenvalue weighted by Gasteiger charge is 2.36. The fourth-order valence-electron chi connectivity index (χ4n) is 2.21. The van der Waals surface area contributed by atoms with Crippen molar-refractivity contribution in [2.75, 3.05) is 11.4 Å². The van der Waals surface area contributed by atoms with Crippen LogP contribution in [-0.4, -0.2) is 23.5 Å². The summed E-state index contributed by atoms with van der Waals surface area (Å²) in [5.41, 5.74) is 0.378. The summed E-state index contributed by atoms with van der Waals surface area (Å²) in [5, 5.41) is 19.6. The van der Waals surface area contributed by atoms with Crippen molar-refractivity contribution >= 4 is 17.3 Å². The van der Waals surface area contributed by atoms with Crippen LogP contribution in [0.15, 0.2) is 18.2 Å². The fourth-order valence-corrected chi connectivity index (χ4v) is 2.21. The van der Waals surface area contributed by atoms with Gasteiger partial charge in [0.2, 0.25) is 0 Å². The van der Waals surface area contributed by atoms with Crippen LogP contribution in [-0.2, 0) is 4.79 Å². The predicted molar refractivity (Wildman–Crippen MR) is 74.9 cm³/mol. The number of carbonyl (C=O) groups is 1. The average Bonchev–Trinajstić information content (AvgIpc) is 2.44. The van der Waals surface area contributed by atoms with Gasteiger partial charge in [-0.2, -0.15) is 5.26 Å². The van der Waals surface area contributed by atoms with E-state index in [0.717, 1.165) is 0 Å². The Morgan fingerprint density at radius 1 is 1.52 bits per heavy atom. The molecule has 1 aromatic carbocycles. The van der Waals surface area contributed by atoms with Gasteiger partial charge in [0.25, 0.3) is 11.6 Å². The highest BCUT2D eigenvalue weighted by atomic mass is 16.6. The van der Waals surface area contributed by atoms with Crippen LogP contribution in [0.2, 0.25) is 0 Å². The molecule has 7 heteroatoms. The van der Waals surface area contributed by atoms with Crippen LogP contribution in [0.1, 0.15) is 20.3 Å².